The minimum Gasteiger partial charge on any atom is -0.494 e. The number of nitrogens with one attached hydrogen (secondary N) is 1. The Labute approximate surface area is 209 Å². The maximum absolute atomic E-state index is 14.9. The number of anilines is 1. The molecule has 0 spiro atoms. The highest BCUT2D eigenvalue weighted by Gasteiger charge is 2.53. The van der Waals surface area contributed by atoms with Crippen LogP contribution in [0.1, 0.15) is 0 Å². The second-order valence-corrected chi connectivity index (χ2v) is 9.74. The number of aromatic nitrogens is 1. The van der Waals surface area contributed by atoms with Gasteiger partial charge in [-0.1, -0.05) is 0 Å². The van der Waals surface area contributed by atoms with Gasteiger partial charge in [-0.25, -0.2) is 18.2 Å². The minimum absolute atomic E-state index is 0.0923. The van der Waals surface area contributed by atoms with Crippen LogP contribution < -0.4 is 19.7 Å². The summed E-state index contributed by atoms with van der Waals surface area (Å²) in [6.07, 6.45) is 0. The van der Waals surface area contributed by atoms with Crippen LogP contribution in [-0.2, 0) is 0 Å². The number of alkyl halides is 2. The molecule has 2 aliphatic heterocycles. The molecule has 2 saturated heterocycles. The van der Waals surface area contributed by atoms with Crippen LogP contribution in [0.4, 0.5) is 18.9 Å². The van der Waals surface area contributed by atoms with Gasteiger partial charge in [0.05, 0.1) is 24.9 Å². The molecule has 0 bridgehead atoms. The normalized spacial score (nSPS) is 21.6. The van der Waals surface area contributed by atoms with Crippen molar-refractivity contribution in [3.8, 4) is 22.8 Å². The van der Waals surface area contributed by atoms with Crippen LogP contribution >= 0.6 is 0 Å². The van der Waals surface area contributed by atoms with Crippen LogP contribution in [0, 0.1) is 17.7 Å². The van der Waals surface area contributed by atoms with E-state index in [1.807, 2.05) is 42.3 Å². The number of piperidine rings is 1. The van der Waals surface area contributed by atoms with Gasteiger partial charge in [0.1, 0.15) is 12.4 Å². The van der Waals surface area contributed by atoms with E-state index < -0.39 is 17.7 Å². The standard InChI is InChI=1S/C27H31F3N4O2/c1-31-8-9-36-19-6-4-17(5-7-19)23-11-25(20-10-22(28)26(35-3)12-24(20)32-23)34-14-18-13-33(2)16-27(29,30)21(18)15-34/h4-7,10-12,18,21,31H,8-9,13-16H2,1-3H3/t18-,21+/m1/s1. The largest absolute Gasteiger partial charge is 0.494 e. The Morgan fingerprint density at radius 3 is 2.61 bits per heavy atom. The summed E-state index contributed by atoms with van der Waals surface area (Å²) in [5.74, 6) is -3.34. The molecule has 0 amide bonds. The predicted molar refractivity (Wildman–Crippen MR) is 135 cm³/mol. The van der Waals surface area contributed by atoms with Crippen LogP contribution in [-0.4, -0.2) is 76.3 Å². The van der Waals surface area contributed by atoms with Crippen LogP contribution in [0.5, 0.6) is 11.5 Å². The second kappa shape index (κ2) is 9.78. The van der Waals surface area contributed by atoms with Crippen molar-refractivity contribution in [1.82, 2.24) is 15.2 Å². The van der Waals surface area contributed by atoms with Crippen LogP contribution in [0.3, 0.4) is 0 Å². The van der Waals surface area contributed by atoms with Crippen molar-refractivity contribution in [2.24, 2.45) is 11.8 Å². The third kappa shape index (κ3) is 4.69. The highest BCUT2D eigenvalue weighted by Crippen LogP contribution is 2.44. The fourth-order valence-corrected chi connectivity index (χ4v) is 5.44. The van der Waals surface area contributed by atoms with Gasteiger partial charge in [-0.2, -0.15) is 0 Å². The summed E-state index contributed by atoms with van der Waals surface area (Å²) in [4.78, 5) is 8.45. The number of hydrogen-bond acceptors (Lipinski definition) is 6. The molecule has 192 valence electrons. The number of fused-ring (bicyclic) bond motifs is 2. The van der Waals surface area contributed by atoms with Crippen molar-refractivity contribution < 1.29 is 22.6 Å². The number of likely N-dealkylation sites (N-methyl/N-ethyl adjacent to an activating group) is 1. The lowest BCUT2D eigenvalue weighted by Gasteiger charge is -2.37. The summed E-state index contributed by atoms with van der Waals surface area (Å²) in [5, 5.41) is 3.62. The zero-order valence-electron chi connectivity index (χ0n) is 20.7. The number of likely N-dealkylation sites (tertiary alicyclic amines) is 1. The van der Waals surface area contributed by atoms with Crippen molar-refractivity contribution in [2.45, 2.75) is 5.92 Å². The van der Waals surface area contributed by atoms with Gasteiger partial charge in [-0.15, -0.1) is 0 Å². The van der Waals surface area contributed by atoms with Crippen LogP contribution in [0.15, 0.2) is 42.5 Å². The van der Waals surface area contributed by atoms with Crippen LogP contribution in [0.25, 0.3) is 22.2 Å². The van der Waals surface area contributed by atoms with E-state index >= 15 is 0 Å². The molecule has 36 heavy (non-hydrogen) atoms. The Balaban J connectivity index is 1.54. The quantitative estimate of drug-likeness (QED) is 0.489. The molecule has 2 atom stereocenters. The first-order chi connectivity index (χ1) is 17.3. The molecule has 0 saturated carbocycles. The Morgan fingerprint density at radius 2 is 1.89 bits per heavy atom. The number of rotatable bonds is 7. The molecule has 0 aliphatic carbocycles. The Bertz CT molecular complexity index is 1240. The van der Waals surface area contributed by atoms with Gasteiger partial charge in [0, 0.05) is 54.8 Å². The van der Waals surface area contributed by atoms with E-state index in [0.717, 1.165) is 17.9 Å². The smallest absolute Gasteiger partial charge is 0.265 e. The van der Waals surface area contributed by atoms with E-state index in [2.05, 4.69) is 5.32 Å². The average molecular weight is 501 g/mol. The molecule has 1 N–H and O–H groups in total. The van der Waals surface area contributed by atoms with Crippen molar-refractivity contribution in [1.29, 1.82) is 0 Å². The van der Waals surface area contributed by atoms with E-state index in [0.29, 0.717) is 42.0 Å². The molecule has 9 heteroatoms. The van der Waals surface area contributed by atoms with Gasteiger partial charge in [0.25, 0.3) is 5.92 Å². The van der Waals surface area contributed by atoms with Gasteiger partial charge in [0.15, 0.2) is 11.6 Å². The molecular formula is C27H31F3N4O2. The highest BCUT2D eigenvalue weighted by atomic mass is 19.3. The van der Waals surface area contributed by atoms with Gasteiger partial charge < -0.3 is 24.6 Å². The predicted octanol–water partition coefficient (Wildman–Crippen LogP) is 4.28. The third-order valence-corrected chi connectivity index (χ3v) is 7.18. The summed E-state index contributed by atoms with van der Waals surface area (Å²) in [7, 11) is 5.01. The van der Waals surface area contributed by atoms with Crippen molar-refractivity contribution in [3.05, 3.63) is 48.3 Å². The molecule has 2 fully saturated rings. The number of methoxy groups -OCH3 is 1. The van der Waals surface area contributed by atoms with Gasteiger partial charge in [0.2, 0.25) is 0 Å². The van der Waals surface area contributed by atoms with Crippen molar-refractivity contribution >= 4 is 16.6 Å². The van der Waals surface area contributed by atoms with Crippen molar-refractivity contribution in [3.63, 3.8) is 0 Å². The fraction of sp³-hybridized carbons (Fsp3) is 0.444. The molecule has 0 unspecified atom stereocenters. The van der Waals surface area contributed by atoms with Crippen molar-refractivity contribution in [2.75, 3.05) is 65.4 Å². The Hall–Kier alpha value is -3.04. The molecular weight excluding hydrogens is 469 g/mol. The van der Waals surface area contributed by atoms with Gasteiger partial charge in [-0.3, -0.25) is 0 Å². The number of hydrogen-bond donors (Lipinski definition) is 1. The molecule has 5 rings (SSSR count). The van der Waals surface area contributed by atoms with E-state index in [4.69, 9.17) is 14.5 Å². The zero-order chi connectivity index (χ0) is 25.4. The lowest BCUT2D eigenvalue weighted by Crippen LogP contribution is -2.51. The molecule has 6 nitrogen and oxygen atoms in total. The van der Waals surface area contributed by atoms with E-state index in [1.54, 1.807) is 18.0 Å². The zero-order valence-corrected chi connectivity index (χ0v) is 20.7. The van der Waals surface area contributed by atoms with E-state index in [1.165, 1.54) is 13.2 Å². The first-order valence-electron chi connectivity index (χ1n) is 12.2. The Kier molecular flexibility index (Phi) is 6.70. The number of pyridine rings is 1. The highest BCUT2D eigenvalue weighted by molar-refractivity contribution is 5.95. The summed E-state index contributed by atoms with van der Waals surface area (Å²) in [5.41, 5.74) is 2.78. The SMILES string of the molecule is CNCCOc1ccc(-c2cc(N3C[C@H]4CN(C)CC(F)(F)[C@H]4C3)c3cc(F)c(OC)cc3n2)cc1. The molecule has 3 heterocycles. The monoisotopic (exact) mass is 500 g/mol. The number of ether oxygens (including phenoxy) is 2. The second-order valence-electron chi connectivity index (χ2n) is 9.74. The van der Waals surface area contributed by atoms with E-state index in [9.17, 15) is 13.2 Å². The molecule has 3 aromatic rings. The maximum Gasteiger partial charge on any atom is 0.265 e. The summed E-state index contributed by atoms with van der Waals surface area (Å²) in [6.45, 7) is 2.37. The van der Waals surface area contributed by atoms with E-state index in [-0.39, 0.29) is 24.8 Å². The van der Waals surface area contributed by atoms with Gasteiger partial charge >= 0.3 is 0 Å². The number of benzene rings is 2. The minimum atomic E-state index is -2.77. The summed E-state index contributed by atoms with van der Waals surface area (Å²) < 4.78 is 55.4. The van der Waals surface area contributed by atoms with Crippen LogP contribution in [0.2, 0.25) is 0 Å². The molecule has 2 aromatic carbocycles. The first-order valence-corrected chi connectivity index (χ1v) is 12.2. The third-order valence-electron chi connectivity index (χ3n) is 7.18. The lowest BCUT2D eigenvalue weighted by atomic mass is 9.86. The number of halogens is 3. The molecule has 1 aromatic heterocycles. The maximum atomic E-state index is 14.9. The summed E-state index contributed by atoms with van der Waals surface area (Å²) >= 11 is 0. The Morgan fingerprint density at radius 1 is 1.11 bits per heavy atom. The topological polar surface area (TPSA) is 49.9 Å². The van der Waals surface area contributed by atoms with Gasteiger partial charge in [-0.05, 0) is 56.4 Å². The lowest BCUT2D eigenvalue weighted by molar-refractivity contribution is -0.114. The summed E-state index contributed by atoms with van der Waals surface area (Å²) in [6, 6.07) is 12.4. The fourth-order valence-electron chi connectivity index (χ4n) is 5.44. The number of nitrogens with zero attached hydrogens (tertiary/aromatic N) is 3. The average Bonchev–Trinajstić information content (AvgIpc) is 3.28. The first kappa shape index (κ1) is 24.6. The molecule has 0 radical (unpaired) electrons. The molecule has 2 aliphatic rings.